The van der Waals surface area contributed by atoms with E-state index in [0.717, 1.165) is 25.7 Å². The molecule has 6 aromatic rings. The van der Waals surface area contributed by atoms with Crippen LogP contribution >= 0.6 is 15.5 Å². The van der Waals surface area contributed by atoms with Gasteiger partial charge in [0.25, 0.3) is 0 Å². The fourth-order valence-corrected chi connectivity index (χ4v) is 14.4. The third-order valence-corrected chi connectivity index (χ3v) is 24.7. The van der Waals surface area contributed by atoms with E-state index in [4.69, 9.17) is 52.9 Å². The van der Waals surface area contributed by atoms with Crippen molar-refractivity contribution in [2.75, 3.05) is 37.9 Å². The Hall–Kier alpha value is -6.88. The van der Waals surface area contributed by atoms with Gasteiger partial charge in [0, 0.05) is 5.92 Å². The minimum absolute atomic E-state index is 0. The maximum Gasteiger partial charge on any atom is 0.459 e. The molecule has 0 bridgehead atoms. The van der Waals surface area contributed by atoms with Crippen LogP contribution in [0.25, 0.3) is 11.0 Å². The second-order valence-corrected chi connectivity index (χ2v) is 32.3. The van der Waals surface area contributed by atoms with Crippen LogP contribution in [0.2, 0.25) is 18.1 Å². The summed E-state index contributed by atoms with van der Waals surface area (Å²) in [4.78, 5) is 33.6. The molecule has 8 rings (SSSR count). The number of esters is 2. The van der Waals surface area contributed by atoms with Crippen LogP contribution in [0.5, 0.6) is 11.5 Å². The number of para-hydroxylation sites is 2. The number of anilines is 2. The van der Waals surface area contributed by atoms with Crippen molar-refractivity contribution in [1.82, 2.24) is 39.4 Å². The fourth-order valence-electron chi connectivity index (χ4n) is 10.0. The zero-order valence-electron chi connectivity index (χ0n) is 53.5. The Morgan fingerprint density at radius 1 is 0.696 bits per heavy atom. The van der Waals surface area contributed by atoms with Crippen molar-refractivity contribution in [3.05, 3.63) is 109 Å². The van der Waals surface area contributed by atoms with Crippen molar-refractivity contribution in [2.24, 2.45) is 17.8 Å². The number of nitrogen functional groups attached to an aromatic ring is 2. The van der Waals surface area contributed by atoms with Crippen LogP contribution in [-0.4, -0.2) is 129 Å². The number of aromatic nitrogens is 6. The average molecular weight is 1330 g/mol. The molecule has 12 atom stereocenters. The van der Waals surface area contributed by atoms with Gasteiger partial charge in [-0.1, -0.05) is 125 Å². The Labute approximate surface area is 539 Å². The molecule has 92 heavy (non-hydrogen) atoms. The van der Waals surface area contributed by atoms with Gasteiger partial charge in [0.1, 0.15) is 77.7 Å². The van der Waals surface area contributed by atoms with E-state index in [9.17, 15) is 39.5 Å². The van der Waals surface area contributed by atoms with Crippen LogP contribution in [0.3, 0.4) is 0 Å². The number of ether oxygens (including phenoxy) is 4. The molecule has 2 aromatic carbocycles. The summed E-state index contributed by atoms with van der Waals surface area (Å²) < 4.78 is 84.8. The molecule has 2 aliphatic rings. The van der Waals surface area contributed by atoms with Crippen LogP contribution in [0.15, 0.2) is 97.6 Å². The summed E-state index contributed by atoms with van der Waals surface area (Å²) in [6, 6.07) is 25.4. The molecule has 0 aliphatic carbocycles. The topological polar surface area (TPSA) is 376 Å². The van der Waals surface area contributed by atoms with E-state index in [0.29, 0.717) is 16.7 Å². The molecular weight excluding hydrogens is 1240 g/mol. The van der Waals surface area contributed by atoms with E-state index in [1.807, 2.05) is 40.7 Å². The van der Waals surface area contributed by atoms with Crippen LogP contribution in [-0.2, 0) is 62.3 Å². The van der Waals surface area contributed by atoms with Gasteiger partial charge in [-0.05, 0) is 92.3 Å². The molecule has 30 heteroatoms. The van der Waals surface area contributed by atoms with E-state index in [1.54, 1.807) is 90.3 Å². The van der Waals surface area contributed by atoms with E-state index >= 15 is 0 Å². The molecule has 27 nitrogen and oxygen atoms in total. The Morgan fingerprint density at radius 2 is 1.10 bits per heavy atom. The number of aliphatic hydroxyl groups is 2. The largest absolute Gasteiger partial charge is 0.464 e. The van der Waals surface area contributed by atoms with Crippen molar-refractivity contribution in [3.63, 3.8) is 0 Å². The summed E-state index contributed by atoms with van der Waals surface area (Å²) in [5.41, 5.74) is 9.72. The molecule has 0 spiro atoms. The summed E-state index contributed by atoms with van der Waals surface area (Å²) in [6.45, 7) is 23.2. The molecule has 0 unspecified atom stereocenters. The third-order valence-electron chi connectivity index (χ3n) is 16.9. The monoisotopic (exact) mass is 1330 g/mol. The number of aliphatic hydroxyl groups excluding tert-OH is 2. The highest BCUT2D eigenvalue weighted by Gasteiger charge is 2.61. The minimum Gasteiger partial charge on any atom is -0.464 e. The molecule has 2 fully saturated rings. The van der Waals surface area contributed by atoms with E-state index in [1.165, 1.54) is 30.2 Å². The van der Waals surface area contributed by atoms with Gasteiger partial charge in [-0.25, -0.2) is 28.1 Å². The molecule has 0 saturated carbocycles. The second kappa shape index (κ2) is 31.4. The highest BCUT2D eigenvalue weighted by molar-refractivity contribution is 7.52. The molecule has 502 valence electrons. The van der Waals surface area contributed by atoms with Gasteiger partial charge in [-0.3, -0.25) is 18.6 Å². The Balaban J connectivity index is 0.000000292. The van der Waals surface area contributed by atoms with E-state index in [2.05, 4.69) is 70.3 Å². The molecule has 6 heterocycles. The predicted molar refractivity (Wildman–Crippen MR) is 346 cm³/mol. The van der Waals surface area contributed by atoms with E-state index < -0.39 is 102 Å². The third kappa shape index (κ3) is 16.7. The van der Waals surface area contributed by atoms with Gasteiger partial charge < -0.3 is 54.1 Å². The molecule has 2 saturated heterocycles. The van der Waals surface area contributed by atoms with Crippen molar-refractivity contribution >= 4 is 58.4 Å². The van der Waals surface area contributed by atoms with Crippen molar-refractivity contribution in [1.29, 1.82) is 10.5 Å². The number of carbonyl (C=O) groups is 2. The number of rotatable bonds is 28. The number of fused-ring (bicyclic) bond motifs is 2. The lowest BCUT2D eigenvalue weighted by atomic mass is 9.88. The Morgan fingerprint density at radius 3 is 1.50 bits per heavy atom. The fraction of sp³-hybridized carbons (Fsp3) is 0.548. The summed E-state index contributed by atoms with van der Waals surface area (Å²) >= 11 is 0. The van der Waals surface area contributed by atoms with Crippen LogP contribution < -0.4 is 30.7 Å². The lowest BCUT2D eigenvalue weighted by molar-refractivity contribution is -0.147. The number of nitriles is 2. The normalized spacial score (nSPS) is 23.5. The molecule has 0 radical (unpaired) electrons. The number of carbonyl (C=O) groups excluding carboxylic acids is 2. The highest BCUT2D eigenvalue weighted by Crippen LogP contribution is 2.52. The van der Waals surface area contributed by atoms with Crippen molar-refractivity contribution in [2.45, 2.75) is 174 Å². The summed E-state index contributed by atoms with van der Waals surface area (Å²) in [5, 5.41) is 56.6. The van der Waals surface area contributed by atoms with Crippen LogP contribution in [0, 0.1) is 40.4 Å². The Kier molecular flexibility index (Phi) is 25.3. The summed E-state index contributed by atoms with van der Waals surface area (Å²) in [7, 11) is -11.0. The lowest BCUT2D eigenvalue weighted by Gasteiger charge is -2.42. The summed E-state index contributed by atoms with van der Waals surface area (Å²) in [5.74, 6) is -0.395. The second-order valence-electron chi connectivity index (χ2n) is 24.1. The Bertz CT molecular complexity index is 3600. The first-order valence-corrected chi connectivity index (χ1v) is 36.3. The molecular formula is C62H90N12O15P2Si. The number of nitrogens with one attached hydrogen (secondary N) is 2. The van der Waals surface area contributed by atoms with Gasteiger partial charge in [0.05, 0.1) is 50.0 Å². The maximum absolute atomic E-state index is 14.4. The van der Waals surface area contributed by atoms with Gasteiger partial charge in [0.2, 0.25) is 11.2 Å². The van der Waals surface area contributed by atoms with Crippen LogP contribution in [0.1, 0.15) is 114 Å². The first-order valence-electron chi connectivity index (χ1n) is 30.3. The number of hydrogen-bond acceptors (Lipinski definition) is 23. The van der Waals surface area contributed by atoms with Crippen molar-refractivity contribution in [3.8, 4) is 23.6 Å². The first kappa shape index (κ1) is 74.2. The number of nitrogens with two attached hydrogens (primary N) is 2. The average Bonchev–Trinajstić information content (AvgIpc) is 1.57. The predicted octanol–water partition coefficient (Wildman–Crippen LogP) is 9.57. The quantitative estimate of drug-likeness (QED) is 0.0151. The number of hydrogen-bond donors (Lipinski definition) is 6. The molecule has 2 aliphatic heterocycles. The van der Waals surface area contributed by atoms with Gasteiger partial charge >= 0.3 is 27.4 Å². The van der Waals surface area contributed by atoms with Gasteiger partial charge in [-0.15, -0.1) is 0 Å². The van der Waals surface area contributed by atoms with E-state index in [-0.39, 0.29) is 73.0 Å². The smallest absolute Gasteiger partial charge is 0.459 e. The number of nitrogens with zero attached hydrogens (tertiary/aromatic N) is 8. The van der Waals surface area contributed by atoms with Crippen molar-refractivity contribution < 1.29 is 70.4 Å². The first-order chi connectivity index (χ1) is 43.1. The van der Waals surface area contributed by atoms with Gasteiger partial charge in [-0.2, -0.15) is 30.9 Å². The zero-order valence-corrected chi connectivity index (χ0v) is 56.3. The molecule has 0 amide bonds. The standard InChI is InChI=1S/C34H51N6O7PSi.C27H35N6O8P.CH4/c1-10-25(11-2)19-43-32(41)24(4)39-48(42,46-26-15-13-12-14-16-26)44-20-28-23(3)30(47-49(8,9)33(5,6)7)34(21-35,45-28)29-18-17-27-31(36)37-22-38-40(27)29;1-4-18(5-2)13-38-26(36)17(3)32-42(37,41-19-9-7-6-8-10-19)39-14-21-23(34)24(35)27(15-28,40-21)22-12-11-20-25(29)30-16-31-33(20)22;/h12-18,22-25,28,30H,10-11,19-20H2,1-9H3,(H,39,42)(H2,36,37,38);6-12,16-18,21,23-24,34-35H,4-5,13-14H2,1-3H3,(H,32,37)(H2,29,30,31);1H4/t23-,24+,28-,30-,34+,48+;17-,21+,23+,24+,27-,42-;/m10./s1. The lowest BCUT2D eigenvalue weighted by Crippen LogP contribution is -2.51. The zero-order chi connectivity index (χ0) is 66.7. The number of benzene rings is 2. The molecule has 8 N–H and O–H groups in total. The maximum atomic E-state index is 14.4. The van der Waals surface area contributed by atoms with Gasteiger partial charge in [0.15, 0.2) is 20.0 Å². The van der Waals surface area contributed by atoms with Crippen LogP contribution in [0.4, 0.5) is 11.6 Å². The molecule has 4 aromatic heterocycles. The summed E-state index contributed by atoms with van der Waals surface area (Å²) in [6.07, 6.45) is -0.361. The minimum atomic E-state index is -4.32. The highest BCUT2D eigenvalue weighted by atomic mass is 31.2. The SMILES string of the molecule is C.CCC(CC)COC(=O)[C@H](C)N[P@](=O)(OC[C@H]1O[C@@](C#N)(c2ccc3c(N)ncnn23)[C@H](O)[C@@H]1O)Oc1ccccc1.CCC(CC)COC(=O)[C@H](C)N[P@](=O)(OC[C@H]1O[C@@](C#N)(c2ccc3c(N)ncnn23)[C@H](O[Si](C)(C)C(C)(C)C)[C@@H]1C)Oc1ccccc1.